The Morgan fingerprint density at radius 1 is 0.268 bits per heavy atom. The van der Waals surface area contributed by atoms with Crippen molar-refractivity contribution >= 4 is 43.6 Å². The maximum Gasteiger partial charge on any atom is 0.0645 e. The zero-order valence-corrected chi connectivity index (χ0v) is 29.6. The maximum absolute atomic E-state index is 9.87. The van der Waals surface area contributed by atoms with Gasteiger partial charge in [0.15, 0.2) is 0 Å². The minimum absolute atomic E-state index is 0.0462. The van der Waals surface area contributed by atoms with Crippen molar-refractivity contribution in [1.82, 2.24) is 9.13 Å². The maximum atomic E-state index is 9.87. The summed E-state index contributed by atoms with van der Waals surface area (Å²) in [5.41, 5.74) is 5.32. The van der Waals surface area contributed by atoms with Crippen molar-refractivity contribution in [3.63, 3.8) is 0 Å². The molecule has 0 aliphatic carbocycles. The van der Waals surface area contributed by atoms with Gasteiger partial charge in [0.25, 0.3) is 0 Å². The van der Waals surface area contributed by atoms with Crippen LogP contribution in [-0.2, 0) is 0 Å². The van der Waals surface area contributed by atoms with Gasteiger partial charge in [0.05, 0.1) is 41.3 Å². The molecular formula is C54H36N2. The Morgan fingerprint density at radius 3 is 0.982 bits per heavy atom. The first-order chi connectivity index (χ1) is 33.6. The summed E-state index contributed by atoms with van der Waals surface area (Å²) in [7, 11) is 0. The van der Waals surface area contributed by atoms with Crippen LogP contribution in [0.15, 0.2) is 218 Å². The molecule has 262 valence electrons. The highest BCUT2D eigenvalue weighted by atomic mass is 15.0. The zero-order valence-electron chi connectivity index (χ0n) is 43.6. The van der Waals surface area contributed by atoms with Crippen LogP contribution in [0.5, 0.6) is 0 Å². The summed E-state index contributed by atoms with van der Waals surface area (Å²) >= 11 is 0. The lowest BCUT2D eigenvalue weighted by molar-refractivity contribution is 1.18. The monoisotopic (exact) mass is 726 g/mol. The fraction of sp³-hybridized carbons (Fsp3) is 0. The number of aromatic nitrogens is 2. The normalized spacial score (nSPS) is 15.1. The van der Waals surface area contributed by atoms with E-state index in [0.717, 1.165) is 33.4 Å². The quantitative estimate of drug-likeness (QED) is 0.161. The van der Waals surface area contributed by atoms with Gasteiger partial charge in [-0.15, -0.1) is 0 Å². The van der Waals surface area contributed by atoms with E-state index in [4.69, 9.17) is 9.60 Å². The average molecular weight is 727 g/mol. The summed E-state index contributed by atoms with van der Waals surface area (Å²) in [5, 5.41) is -0.489. The van der Waals surface area contributed by atoms with Gasteiger partial charge >= 0.3 is 0 Å². The summed E-state index contributed by atoms with van der Waals surface area (Å²) in [6.45, 7) is 0. The number of para-hydroxylation sites is 2. The lowest BCUT2D eigenvalue weighted by Crippen LogP contribution is -1.94. The predicted molar refractivity (Wildman–Crippen MR) is 237 cm³/mol. The minimum atomic E-state index is -0.616. The first-order valence-electron chi connectivity index (χ1n) is 25.1. The Balaban J connectivity index is 1.16. The van der Waals surface area contributed by atoms with Crippen LogP contribution in [0.2, 0.25) is 0 Å². The van der Waals surface area contributed by atoms with Gasteiger partial charge in [-0.2, -0.15) is 0 Å². The Kier molecular flexibility index (Phi) is 4.90. The fourth-order valence-electron chi connectivity index (χ4n) is 7.52. The fourth-order valence-corrected chi connectivity index (χ4v) is 7.52. The van der Waals surface area contributed by atoms with E-state index in [9.17, 15) is 9.60 Å². The van der Waals surface area contributed by atoms with Crippen LogP contribution in [0.1, 0.15) is 19.2 Å². The van der Waals surface area contributed by atoms with Gasteiger partial charge < -0.3 is 9.13 Å². The van der Waals surface area contributed by atoms with E-state index in [1.54, 1.807) is 24.3 Å². The van der Waals surface area contributed by atoms with Crippen LogP contribution in [-0.4, -0.2) is 9.13 Å². The molecular weight excluding hydrogens is 677 g/mol. The third-order valence-corrected chi connectivity index (χ3v) is 10.2. The molecule has 0 N–H and O–H groups in total. The lowest BCUT2D eigenvalue weighted by Gasteiger charge is -2.11. The SMILES string of the molecule is [2H]c1c([2H])c([2H])c2c(c1[2H])c1c([2H])c(-c3c([2H])c([2H])c4c(c3[2H])c3c([2H])c([2H])c([2H])c([2H])c3n4-c3ccc(-c4ccc(-c5ccccc5)cc4)cc3)c([2H])c([2H])c1n2-c1ccc(-c2ccccc2)cc1. The van der Waals surface area contributed by atoms with Crippen molar-refractivity contribution in [3.8, 4) is 55.9 Å². The van der Waals surface area contributed by atoms with Crippen LogP contribution >= 0.6 is 0 Å². The van der Waals surface area contributed by atoms with E-state index in [2.05, 4.69) is 0 Å². The largest absolute Gasteiger partial charge is 0.309 e. The summed E-state index contributed by atoms with van der Waals surface area (Å²) in [6.07, 6.45) is 0. The molecule has 0 atom stereocenters. The van der Waals surface area contributed by atoms with Gasteiger partial charge in [-0.1, -0.05) is 158 Å². The number of benzene rings is 9. The molecule has 11 rings (SSSR count). The molecule has 0 spiro atoms. The molecule has 0 saturated heterocycles. The van der Waals surface area contributed by atoms with E-state index in [1.807, 2.05) is 109 Å². The second-order valence-electron chi connectivity index (χ2n) is 13.5. The summed E-state index contributed by atoms with van der Waals surface area (Å²) in [5.74, 6) is 0. The Morgan fingerprint density at radius 2 is 0.589 bits per heavy atom. The molecule has 9 aromatic carbocycles. The van der Waals surface area contributed by atoms with Crippen LogP contribution in [0.3, 0.4) is 0 Å². The second-order valence-corrected chi connectivity index (χ2v) is 13.5. The molecule has 2 nitrogen and oxygen atoms in total. The van der Waals surface area contributed by atoms with Gasteiger partial charge in [-0.3, -0.25) is 0 Å². The van der Waals surface area contributed by atoms with E-state index in [1.165, 1.54) is 9.13 Å². The summed E-state index contributed by atoms with van der Waals surface area (Å²) in [6, 6.07) is 34.3. The predicted octanol–water partition coefficient (Wildman–Crippen LogP) is 14.5. The van der Waals surface area contributed by atoms with Gasteiger partial charge in [0.2, 0.25) is 0 Å². The van der Waals surface area contributed by atoms with Gasteiger partial charge in [0.1, 0.15) is 0 Å². The van der Waals surface area contributed by atoms with E-state index < -0.39 is 95.7 Å². The van der Waals surface area contributed by atoms with Crippen LogP contribution in [0.25, 0.3) is 99.5 Å². The molecule has 0 bridgehead atoms. The lowest BCUT2D eigenvalue weighted by atomic mass is 10.00. The van der Waals surface area contributed by atoms with Crippen molar-refractivity contribution in [2.45, 2.75) is 0 Å². The molecule has 0 amide bonds. The molecule has 0 aliphatic heterocycles. The van der Waals surface area contributed by atoms with Crippen LogP contribution in [0, 0.1) is 0 Å². The van der Waals surface area contributed by atoms with Crippen molar-refractivity contribution in [3.05, 3.63) is 218 Å². The third-order valence-electron chi connectivity index (χ3n) is 10.2. The first kappa shape index (κ1) is 20.9. The molecule has 2 aromatic heterocycles. The van der Waals surface area contributed by atoms with Crippen molar-refractivity contribution < 1.29 is 19.2 Å². The topological polar surface area (TPSA) is 9.86 Å². The number of nitrogens with zero attached hydrogens (tertiary/aromatic N) is 2. The first-order valence-corrected chi connectivity index (χ1v) is 18.1. The standard InChI is InChI=1S/C54H36N2/c1-3-11-37(12-4-1)39-19-21-40(22-20-39)42-25-31-46(32-26-42)56-52-18-10-8-16-48(52)50-36-44(28-34-54(50)56)43-27-33-53-49(35-43)47-15-7-9-17-51(47)55(53)45-29-23-41(24-30-45)38-13-5-2-6-14-38/h1-36H/i7D,8D,9D,10D,15D,16D,17D,18D,27D,28D,33D,34D,35D,36D. The molecule has 56 heavy (non-hydrogen) atoms. The van der Waals surface area contributed by atoms with Crippen molar-refractivity contribution in [2.24, 2.45) is 0 Å². The van der Waals surface area contributed by atoms with Gasteiger partial charge in [0, 0.05) is 32.9 Å². The number of hydrogen-bond acceptors (Lipinski definition) is 0. The second kappa shape index (κ2) is 13.2. The van der Waals surface area contributed by atoms with Crippen LogP contribution in [0.4, 0.5) is 0 Å². The highest BCUT2D eigenvalue weighted by Gasteiger charge is 2.16. The highest BCUT2D eigenvalue weighted by Crippen LogP contribution is 2.39. The average Bonchev–Trinajstić information content (AvgIpc) is 3.95. The van der Waals surface area contributed by atoms with Gasteiger partial charge in [-0.25, -0.2) is 0 Å². The summed E-state index contributed by atoms with van der Waals surface area (Å²) < 4.78 is 132. The third kappa shape index (κ3) is 5.34. The molecule has 2 heterocycles. The van der Waals surface area contributed by atoms with E-state index in [0.29, 0.717) is 11.4 Å². The smallest absolute Gasteiger partial charge is 0.0645 e. The molecule has 0 unspecified atom stereocenters. The van der Waals surface area contributed by atoms with Crippen molar-refractivity contribution in [2.75, 3.05) is 0 Å². The molecule has 2 heteroatoms. The molecule has 0 fully saturated rings. The number of fused-ring (bicyclic) bond motifs is 6. The van der Waals surface area contributed by atoms with E-state index >= 15 is 0 Å². The number of hydrogen-bond donors (Lipinski definition) is 0. The molecule has 0 saturated carbocycles. The molecule has 11 aromatic rings. The van der Waals surface area contributed by atoms with Gasteiger partial charge in [-0.05, 0) is 105 Å². The number of rotatable bonds is 6. The highest BCUT2D eigenvalue weighted by molar-refractivity contribution is 6.12. The Labute approximate surface area is 345 Å². The molecule has 0 aliphatic rings. The van der Waals surface area contributed by atoms with Crippen LogP contribution < -0.4 is 0 Å². The Bertz CT molecular complexity index is 4000. The molecule has 0 radical (unpaired) electrons. The minimum Gasteiger partial charge on any atom is -0.309 e. The Hall–Kier alpha value is -7.42. The summed E-state index contributed by atoms with van der Waals surface area (Å²) in [4.78, 5) is 0. The zero-order chi connectivity index (χ0) is 49.2. The van der Waals surface area contributed by atoms with E-state index in [-0.39, 0.29) is 43.6 Å². The van der Waals surface area contributed by atoms with Crippen molar-refractivity contribution in [1.29, 1.82) is 0 Å².